The Bertz CT molecular complexity index is 496. The van der Waals surface area contributed by atoms with E-state index in [0.717, 1.165) is 18.7 Å². The highest BCUT2D eigenvalue weighted by Gasteiger charge is 2.36. The van der Waals surface area contributed by atoms with Crippen molar-refractivity contribution in [2.75, 3.05) is 20.2 Å². The number of hydrogen-bond acceptors (Lipinski definition) is 3. The maximum atomic E-state index is 13.6. The third kappa shape index (κ3) is 3.10. The molecule has 0 aromatic heterocycles. The summed E-state index contributed by atoms with van der Waals surface area (Å²) >= 11 is 0. The Morgan fingerprint density at radius 1 is 1.45 bits per heavy atom. The van der Waals surface area contributed by atoms with E-state index in [1.165, 1.54) is 13.2 Å². The summed E-state index contributed by atoms with van der Waals surface area (Å²) in [6, 6.07) is 4.94. The summed E-state index contributed by atoms with van der Waals surface area (Å²) in [6.45, 7) is 3.86. The maximum absolute atomic E-state index is 13.6. The smallest absolute Gasteiger partial charge is 0.309 e. The number of aliphatic carboxylic acids is 1. The largest absolute Gasteiger partial charge is 0.494 e. The highest BCUT2D eigenvalue weighted by molar-refractivity contribution is 5.74. The van der Waals surface area contributed by atoms with E-state index < -0.39 is 11.4 Å². The number of carboxylic acids is 1. The monoisotopic (exact) mass is 281 g/mol. The Kier molecular flexibility index (Phi) is 4.28. The number of carboxylic acid groups (broad SMARTS) is 1. The minimum atomic E-state index is -0.729. The first-order chi connectivity index (χ1) is 9.44. The second kappa shape index (κ2) is 5.79. The second-order valence-corrected chi connectivity index (χ2v) is 5.61. The lowest BCUT2D eigenvalue weighted by molar-refractivity contribution is -0.150. The molecule has 1 aliphatic rings. The molecule has 0 spiro atoms. The van der Waals surface area contributed by atoms with Gasteiger partial charge in [-0.15, -0.1) is 0 Å². The minimum absolute atomic E-state index is 0.242. The Labute approximate surface area is 118 Å². The van der Waals surface area contributed by atoms with Gasteiger partial charge >= 0.3 is 5.97 Å². The van der Waals surface area contributed by atoms with Crippen molar-refractivity contribution < 1.29 is 19.0 Å². The molecule has 5 heteroatoms. The molecule has 0 radical (unpaired) electrons. The molecular weight excluding hydrogens is 261 g/mol. The lowest BCUT2D eigenvalue weighted by Gasteiger charge is -2.36. The zero-order chi connectivity index (χ0) is 14.8. The van der Waals surface area contributed by atoms with Crippen molar-refractivity contribution >= 4 is 5.97 Å². The van der Waals surface area contributed by atoms with Crippen molar-refractivity contribution in [3.05, 3.63) is 29.6 Å². The Balaban J connectivity index is 1.96. The molecule has 1 aliphatic heterocycles. The number of nitrogens with zero attached hydrogens (tertiary/aromatic N) is 1. The number of ether oxygens (including phenoxy) is 1. The summed E-state index contributed by atoms with van der Waals surface area (Å²) in [7, 11) is 1.44. The standard InChI is InChI=1S/C15H20FNO3/c1-15(14(18)19)5-7-17(8-6-15)10-11-3-4-13(20-2)12(16)9-11/h3-4,9H,5-8,10H2,1-2H3,(H,18,19). The predicted molar refractivity (Wildman–Crippen MR) is 73.2 cm³/mol. The van der Waals surface area contributed by atoms with Gasteiger partial charge in [-0.25, -0.2) is 4.39 Å². The molecule has 0 unspecified atom stereocenters. The van der Waals surface area contributed by atoms with Gasteiger partial charge in [0.05, 0.1) is 12.5 Å². The van der Waals surface area contributed by atoms with Gasteiger partial charge in [0.25, 0.3) is 0 Å². The summed E-state index contributed by atoms with van der Waals surface area (Å²) in [5.41, 5.74) is 0.254. The normalized spacial score (nSPS) is 18.8. The minimum Gasteiger partial charge on any atom is -0.494 e. The number of methoxy groups -OCH3 is 1. The van der Waals surface area contributed by atoms with E-state index in [9.17, 15) is 14.3 Å². The van der Waals surface area contributed by atoms with Crippen LogP contribution in [0.3, 0.4) is 0 Å². The summed E-state index contributed by atoms with van der Waals surface area (Å²) in [6.07, 6.45) is 1.25. The Hall–Kier alpha value is -1.62. The van der Waals surface area contributed by atoms with Crippen molar-refractivity contribution in [1.29, 1.82) is 0 Å². The van der Waals surface area contributed by atoms with Gasteiger partial charge in [-0.1, -0.05) is 6.07 Å². The Morgan fingerprint density at radius 2 is 2.10 bits per heavy atom. The first kappa shape index (κ1) is 14.8. The molecule has 1 heterocycles. The number of carbonyl (C=O) groups is 1. The van der Waals surface area contributed by atoms with Crippen molar-refractivity contribution in [3.63, 3.8) is 0 Å². The van der Waals surface area contributed by atoms with Crippen molar-refractivity contribution in [2.45, 2.75) is 26.3 Å². The van der Waals surface area contributed by atoms with Crippen LogP contribution in [0.15, 0.2) is 18.2 Å². The van der Waals surface area contributed by atoms with Gasteiger partial charge in [-0.2, -0.15) is 0 Å². The fourth-order valence-corrected chi connectivity index (χ4v) is 2.48. The molecule has 20 heavy (non-hydrogen) atoms. The highest BCUT2D eigenvalue weighted by Crippen LogP contribution is 2.31. The first-order valence-corrected chi connectivity index (χ1v) is 6.73. The van der Waals surface area contributed by atoms with Gasteiger partial charge in [0.15, 0.2) is 11.6 Å². The van der Waals surface area contributed by atoms with Gasteiger partial charge in [0.1, 0.15) is 0 Å². The summed E-state index contributed by atoms with van der Waals surface area (Å²) in [4.78, 5) is 13.3. The first-order valence-electron chi connectivity index (χ1n) is 6.73. The molecule has 1 N–H and O–H groups in total. The number of rotatable bonds is 4. The van der Waals surface area contributed by atoms with Crippen LogP contribution in [0.1, 0.15) is 25.3 Å². The summed E-state index contributed by atoms with van der Waals surface area (Å²) < 4.78 is 18.5. The van der Waals surface area contributed by atoms with Crippen LogP contribution in [0.2, 0.25) is 0 Å². The third-order valence-electron chi connectivity index (χ3n) is 4.10. The lowest BCUT2D eigenvalue weighted by Crippen LogP contribution is -2.42. The van der Waals surface area contributed by atoms with Crippen molar-refractivity contribution in [3.8, 4) is 5.75 Å². The fourth-order valence-electron chi connectivity index (χ4n) is 2.48. The third-order valence-corrected chi connectivity index (χ3v) is 4.10. The molecule has 0 aliphatic carbocycles. The van der Waals surface area contributed by atoms with Crippen LogP contribution < -0.4 is 4.74 Å². The predicted octanol–water partition coefficient (Wildman–Crippen LogP) is 2.52. The van der Waals surface area contributed by atoms with Crippen LogP contribution in [0.25, 0.3) is 0 Å². The number of hydrogen-bond donors (Lipinski definition) is 1. The van der Waals surface area contributed by atoms with E-state index in [1.807, 2.05) is 6.07 Å². The number of piperidine rings is 1. The van der Waals surface area contributed by atoms with Gasteiger partial charge < -0.3 is 9.84 Å². The van der Waals surface area contributed by atoms with E-state index >= 15 is 0 Å². The van der Waals surface area contributed by atoms with Crippen LogP contribution in [0.5, 0.6) is 5.75 Å². The van der Waals surface area contributed by atoms with E-state index in [0.29, 0.717) is 19.4 Å². The van der Waals surface area contributed by atoms with E-state index in [4.69, 9.17) is 4.74 Å². The SMILES string of the molecule is COc1ccc(CN2CCC(C)(C(=O)O)CC2)cc1F. The summed E-state index contributed by atoms with van der Waals surface area (Å²) in [5.74, 6) is -0.851. The summed E-state index contributed by atoms with van der Waals surface area (Å²) in [5, 5.41) is 9.19. The quantitative estimate of drug-likeness (QED) is 0.921. The molecule has 0 atom stereocenters. The van der Waals surface area contributed by atoms with Crippen LogP contribution >= 0.6 is 0 Å². The fraction of sp³-hybridized carbons (Fsp3) is 0.533. The number of likely N-dealkylation sites (tertiary alicyclic amines) is 1. The lowest BCUT2D eigenvalue weighted by atomic mass is 9.80. The molecular formula is C15H20FNO3. The molecule has 1 aromatic carbocycles. The molecule has 0 saturated carbocycles. The molecule has 1 aromatic rings. The molecule has 2 rings (SSSR count). The average molecular weight is 281 g/mol. The Morgan fingerprint density at radius 3 is 2.60 bits per heavy atom. The molecule has 0 amide bonds. The van der Waals surface area contributed by atoms with Crippen LogP contribution in [0, 0.1) is 11.2 Å². The van der Waals surface area contributed by atoms with Gasteiger partial charge in [0, 0.05) is 6.54 Å². The zero-order valence-electron chi connectivity index (χ0n) is 11.9. The number of halogens is 1. The van der Waals surface area contributed by atoms with E-state index in [1.54, 1.807) is 13.0 Å². The van der Waals surface area contributed by atoms with E-state index in [2.05, 4.69) is 4.90 Å². The van der Waals surface area contributed by atoms with Crippen LogP contribution in [-0.2, 0) is 11.3 Å². The van der Waals surface area contributed by atoms with Crippen molar-refractivity contribution in [2.24, 2.45) is 5.41 Å². The molecule has 0 bridgehead atoms. The van der Waals surface area contributed by atoms with Crippen molar-refractivity contribution in [1.82, 2.24) is 4.90 Å². The number of benzene rings is 1. The highest BCUT2D eigenvalue weighted by atomic mass is 19.1. The molecule has 110 valence electrons. The van der Waals surface area contributed by atoms with Crippen LogP contribution in [0.4, 0.5) is 4.39 Å². The van der Waals surface area contributed by atoms with Gasteiger partial charge in [-0.05, 0) is 50.6 Å². The maximum Gasteiger partial charge on any atom is 0.309 e. The molecule has 1 saturated heterocycles. The average Bonchev–Trinajstić information content (AvgIpc) is 2.42. The second-order valence-electron chi connectivity index (χ2n) is 5.61. The topological polar surface area (TPSA) is 49.8 Å². The van der Waals surface area contributed by atoms with Crippen LogP contribution in [-0.4, -0.2) is 36.2 Å². The van der Waals surface area contributed by atoms with E-state index in [-0.39, 0.29) is 11.6 Å². The van der Waals surface area contributed by atoms with Gasteiger partial charge in [-0.3, -0.25) is 9.69 Å². The molecule has 4 nitrogen and oxygen atoms in total. The molecule has 1 fully saturated rings. The zero-order valence-corrected chi connectivity index (χ0v) is 11.9. The van der Waals surface area contributed by atoms with Gasteiger partial charge in [0.2, 0.25) is 0 Å².